The zero-order chi connectivity index (χ0) is 24.7. The fourth-order valence-corrected chi connectivity index (χ4v) is 3.66. The largest absolute Gasteiger partial charge is 0.481 e. The Kier molecular flexibility index (Phi) is 7.94. The first-order valence-electron chi connectivity index (χ1n) is 10.6. The van der Waals surface area contributed by atoms with Crippen molar-refractivity contribution in [3.8, 4) is 17.0 Å². The molecule has 1 amide bonds. The van der Waals surface area contributed by atoms with E-state index in [4.69, 9.17) is 10.5 Å². The molecule has 0 aliphatic rings. The minimum Gasteiger partial charge on any atom is -0.481 e. The van der Waals surface area contributed by atoms with Crippen molar-refractivity contribution in [2.45, 2.75) is 12.8 Å². The number of aromatic nitrogens is 1. The third-order valence-electron chi connectivity index (χ3n) is 5.36. The molecule has 0 atom stereocenters. The first-order chi connectivity index (χ1) is 16.4. The van der Waals surface area contributed by atoms with Gasteiger partial charge in [0.05, 0.1) is 36.4 Å². The molecule has 3 rings (SSSR count). The Hall–Kier alpha value is -4.24. The van der Waals surface area contributed by atoms with Crippen LogP contribution in [-0.4, -0.2) is 49.5 Å². The summed E-state index contributed by atoms with van der Waals surface area (Å²) < 4.78 is 5.30. The summed E-state index contributed by atoms with van der Waals surface area (Å²) in [4.78, 5) is 32.6. The fraction of sp³-hybridized carbons (Fsp3) is 0.200. The number of carbonyl (C=O) groups is 2. The van der Waals surface area contributed by atoms with Crippen molar-refractivity contribution in [2.75, 3.05) is 26.1 Å². The van der Waals surface area contributed by atoms with Crippen LogP contribution >= 0.6 is 0 Å². The molecular weight excluding hydrogens is 434 g/mol. The van der Waals surface area contributed by atoms with E-state index in [0.717, 1.165) is 11.3 Å². The molecule has 0 saturated carbocycles. The van der Waals surface area contributed by atoms with Crippen LogP contribution in [0.1, 0.15) is 32.0 Å². The van der Waals surface area contributed by atoms with Crippen LogP contribution < -0.4 is 21.1 Å². The van der Waals surface area contributed by atoms with Gasteiger partial charge in [-0.3, -0.25) is 9.79 Å². The van der Waals surface area contributed by atoms with Crippen LogP contribution in [0.4, 0.5) is 11.4 Å². The van der Waals surface area contributed by atoms with Crippen molar-refractivity contribution in [2.24, 2.45) is 10.7 Å². The Bertz CT molecular complexity index is 1230. The van der Waals surface area contributed by atoms with Gasteiger partial charge in [0.1, 0.15) is 0 Å². The van der Waals surface area contributed by atoms with E-state index in [0.29, 0.717) is 41.2 Å². The van der Waals surface area contributed by atoms with Crippen LogP contribution in [0.25, 0.3) is 11.1 Å². The summed E-state index contributed by atoms with van der Waals surface area (Å²) in [6.45, 7) is 3.84. The molecule has 9 nitrogen and oxygen atoms in total. The van der Waals surface area contributed by atoms with E-state index < -0.39 is 5.97 Å². The van der Waals surface area contributed by atoms with E-state index in [2.05, 4.69) is 27.3 Å². The molecule has 0 aliphatic carbocycles. The molecule has 0 fully saturated rings. The summed E-state index contributed by atoms with van der Waals surface area (Å²) in [5.41, 5.74) is 10.2. The van der Waals surface area contributed by atoms with Gasteiger partial charge >= 0.3 is 5.97 Å². The third-order valence-corrected chi connectivity index (χ3v) is 5.36. The zero-order valence-electron chi connectivity index (χ0n) is 19.1. The molecule has 0 aliphatic heterocycles. The molecule has 0 saturated heterocycles. The quantitative estimate of drug-likeness (QED) is 0.268. The highest BCUT2D eigenvalue weighted by Gasteiger charge is 2.19. The number of nitrogens with zero attached hydrogens (tertiary/aromatic N) is 2. The van der Waals surface area contributed by atoms with E-state index in [9.17, 15) is 14.7 Å². The van der Waals surface area contributed by atoms with Crippen LogP contribution in [0.15, 0.2) is 53.5 Å². The lowest BCUT2D eigenvalue weighted by Crippen LogP contribution is -2.18. The minimum atomic E-state index is -1.13. The summed E-state index contributed by atoms with van der Waals surface area (Å²) in [7, 11) is 3.02. The summed E-state index contributed by atoms with van der Waals surface area (Å²) >= 11 is 0. The van der Waals surface area contributed by atoms with E-state index in [1.165, 1.54) is 20.2 Å². The van der Waals surface area contributed by atoms with Crippen molar-refractivity contribution in [3.63, 3.8) is 0 Å². The SMILES string of the molecule is C=Nc1ccc(CCc2nc(OC)ccc2-c2ccc(C(=O)NC)cc2C(=O)O)cc1NCN. The monoisotopic (exact) mass is 461 g/mol. The number of benzene rings is 2. The molecule has 0 radical (unpaired) electrons. The summed E-state index contributed by atoms with van der Waals surface area (Å²) in [5.74, 6) is -1.07. The number of hydrogen-bond donors (Lipinski definition) is 4. The average molecular weight is 462 g/mol. The maximum Gasteiger partial charge on any atom is 0.336 e. The summed E-state index contributed by atoms with van der Waals surface area (Å²) in [6.07, 6.45) is 1.15. The van der Waals surface area contributed by atoms with Gasteiger partial charge in [0.2, 0.25) is 5.88 Å². The van der Waals surface area contributed by atoms with E-state index >= 15 is 0 Å². The van der Waals surface area contributed by atoms with Gasteiger partial charge in [-0.25, -0.2) is 9.78 Å². The number of carboxylic acids is 1. The standard InChI is InChI=1S/C25H27N5O4/c1-27-21-10-5-15(12-22(21)29-14-26)4-9-20-18(8-11-23(30-20)34-3)17-7-6-16(24(31)28-2)13-19(17)25(32)33/h5-8,10-13,29H,1,4,9,14,26H2,2-3H3,(H,28,31)(H,32,33). The van der Waals surface area contributed by atoms with Gasteiger partial charge in [-0.1, -0.05) is 12.1 Å². The number of nitrogens with two attached hydrogens (primary N) is 1. The smallest absolute Gasteiger partial charge is 0.336 e. The number of carbonyl (C=O) groups excluding carboxylic acids is 1. The van der Waals surface area contributed by atoms with Crippen molar-refractivity contribution >= 4 is 30.0 Å². The Balaban J connectivity index is 2.01. The minimum absolute atomic E-state index is 0.0187. The maximum atomic E-state index is 12.0. The number of pyridine rings is 1. The highest BCUT2D eigenvalue weighted by molar-refractivity contribution is 6.01. The molecular formula is C25H27N5O4. The van der Waals surface area contributed by atoms with Gasteiger partial charge in [0.25, 0.3) is 5.91 Å². The normalized spacial score (nSPS) is 10.4. The van der Waals surface area contributed by atoms with Gasteiger partial charge < -0.3 is 26.2 Å². The highest BCUT2D eigenvalue weighted by Crippen LogP contribution is 2.31. The van der Waals surface area contributed by atoms with Gasteiger partial charge in [-0.2, -0.15) is 0 Å². The van der Waals surface area contributed by atoms with E-state index in [-0.39, 0.29) is 23.7 Å². The molecule has 1 aromatic heterocycles. The first-order valence-corrected chi connectivity index (χ1v) is 10.6. The molecule has 34 heavy (non-hydrogen) atoms. The lowest BCUT2D eigenvalue weighted by molar-refractivity contribution is 0.0697. The second kappa shape index (κ2) is 11.1. The predicted molar refractivity (Wildman–Crippen MR) is 132 cm³/mol. The van der Waals surface area contributed by atoms with Crippen LogP contribution in [-0.2, 0) is 12.8 Å². The molecule has 2 aromatic carbocycles. The van der Waals surface area contributed by atoms with Gasteiger partial charge in [-0.05, 0) is 61.0 Å². The predicted octanol–water partition coefficient (Wildman–Crippen LogP) is 3.26. The number of aliphatic imine (C=N–C) groups is 1. The van der Waals surface area contributed by atoms with Crippen LogP contribution in [0.2, 0.25) is 0 Å². The zero-order valence-corrected chi connectivity index (χ0v) is 19.1. The molecule has 176 valence electrons. The molecule has 0 spiro atoms. The third kappa shape index (κ3) is 5.38. The van der Waals surface area contributed by atoms with Crippen LogP contribution in [0, 0.1) is 0 Å². The highest BCUT2D eigenvalue weighted by atomic mass is 16.5. The number of carboxylic acid groups (broad SMARTS) is 1. The molecule has 0 bridgehead atoms. The molecule has 3 aromatic rings. The van der Waals surface area contributed by atoms with Crippen molar-refractivity contribution in [3.05, 3.63) is 70.9 Å². The molecule has 9 heteroatoms. The average Bonchev–Trinajstić information content (AvgIpc) is 2.86. The van der Waals surface area contributed by atoms with E-state index in [1.807, 2.05) is 18.2 Å². The summed E-state index contributed by atoms with van der Waals surface area (Å²) in [6, 6.07) is 13.8. The molecule has 0 unspecified atom stereocenters. The van der Waals surface area contributed by atoms with Crippen molar-refractivity contribution < 1.29 is 19.4 Å². The number of aryl methyl sites for hydroxylation is 2. The number of hydrogen-bond acceptors (Lipinski definition) is 7. The second-order valence-corrected chi connectivity index (χ2v) is 7.38. The molecule has 1 heterocycles. The number of anilines is 1. The fourth-order valence-electron chi connectivity index (χ4n) is 3.66. The van der Waals surface area contributed by atoms with Gasteiger partial charge in [0, 0.05) is 24.2 Å². The van der Waals surface area contributed by atoms with Crippen molar-refractivity contribution in [1.82, 2.24) is 10.3 Å². The Morgan fingerprint density at radius 2 is 1.88 bits per heavy atom. The first kappa shape index (κ1) is 24.4. The topological polar surface area (TPSA) is 139 Å². The number of aromatic carboxylic acids is 1. The maximum absolute atomic E-state index is 12.0. The number of methoxy groups -OCH3 is 1. The number of amides is 1. The van der Waals surface area contributed by atoms with Gasteiger partial charge in [-0.15, -0.1) is 0 Å². The Morgan fingerprint density at radius 3 is 2.53 bits per heavy atom. The Morgan fingerprint density at radius 1 is 1.12 bits per heavy atom. The number of nitrogens with one attached hydrogen (secondary N) is 2. The van der Waals surface area contributed by atoms with Gasteiger partial charge in [0.15, 0.2) is 0 Å². The summed E-state index contributed by atoms with van der Waals surface area (Å²) in [5, 5.41) is 15.4. The second-order valence-electron chi connectivity index (χ2n) is 7.38. The molecule has 5 N–H and O–H groups in total. The Labute approximate surface area is 197 Å². The van der Waals surface area contributed by atoms with Crippen molar-refractivity contribution in [1.29, 1.82) is 0 Å². The number of ether oxygens (including phenoxy) is 1. The van der Waals surface area contributed by atoms with Crippen LogP contribution in [0.3, 0.4) is 0 Å². The van der Waals surface area contributed by atoms with E-state index in [1.54, 1.807) is 24.3 Å². The van der Waals surface area contributed by atoms with Crippen LogP contribution in [0.5, 0.6) is 5.88 Å². The number of rotatable bonds is 10. The lowest BCUT2D eigenvalue weighted by Gasteiger charge is -2.14. The lowest BCUT2D eigenvalue weighted by atomic mass is 9.94.